The minimum atomic E-state index is -0.465. The van der Waals surface area contributed by atoms with E-state index in [2.05, 4.69) is 10.6 Å². The van der Waals surface area contributed by atoms with E-state index in [4.69, 9.17) is 4.74 Å². The van der Waals surface area contributed by atoms with E-state index >= 15 is 0 Å². The summed E-state index contributed by atoms with van der Waals surface area (Å²) >= 11 is 0. The molecule has 0 spiro atoms. The molecule has 5 nitrogen and oxygen atoms in total. The van der Waals surface area contributed by atoms with Crippen molar-refractivity contribution in [3.05, 3.63) is 24.3 Å². The van der Waals surface area contributed by atoms with Crippen LogP contribution in [0, 0.1) is 0 Å². The van der Waals surface area contributed by atoms with Crippen molar-refractivity contribution >= 4 is 11.8 Å². The maximum Gasteiger partial charge on any atom is 0.407 e. The molecule has 3 N–H and O–H groups in total. The van der Waals surface area contributed by atoms with Crippen LogP contribution in [0.25, 0.3) is 0 Å². The Hall–Kier alpha value is -1.91. The number of nitrogens with one attached hydrogen (secondary N) is 2. The fraction of sp³-hybridized carbons (Fsp3) is 0.533. The molecular formula is C15H22N2O3. The molecule has 1 saturated carbocycles. The monoisotopic (exact) mass is 278 g/mol. The van der Waals surface area contributed by atoms with Crippen LogP contribution in [0.15, 0.2) is 24.3 Å². The molecule has 0 aromatic heterocycles. The van der Waals surface area contributed by atoms with Crippen molar-refractivity contribution in [2.45, 2.75) is 51.3 Å². The average Bonchev–Trinajstić information content (AvgIpc) is 2.23. The minimum absolute atomic E-state index is 0.152. The summed E-state index contributed by atoms with van der Waals surface area (Å²) in [5.74, 6) is 0.248. The van der Waals surface area contributed by atoms with Crippen molar-refractivity contribution in [3.63, 3.8) is 0 Å². The van der Waals surface area contributed by atoms with Crippen molar-refractivity contribution in [2.75, 3.05) is 5.32 Å². The Kier molecular flexibility index (Phi) is 4.06. The quantitative estimate of drug-likeness (QED) is 0.795. The Morgan fingerprint density at radius 2 is 2.00 bits per heavy atom. The standard InChI is InChI=1S/C15H22N2O3/c1-15(2,3)20-14(19)17-12-7-11(8-12)16-10-5-4-6-13(18)9-10/h4-6,9,11-12,16,18H,7-8H2,1-3H3,(H,17,19). The second-order valence-electron chi connectivity index (χ2n) is 6.21. The molecule has 0 heterocycles. The van der Waals surface area contributed by atoms with Gasteiger partial charge in [0.15, 0.2) is 0 Å². The van der Waals surface area contributed by atoms with Gasteiger partial charge in [-0.05, 0) is 45.7 Å². The number of anilines is 1. The number of hydrogen-bond acceptors (Lipinski definition) is 4. The molecule has 0 unspecified atom stereocenters. The number of amides is 1. The molecule has 0 saturated heterocycles. The first-order valence-corrected chi connectivity index (χ1v) is 6.87. The second-order valence-corrected chi connectivity index (χ2v) is 6.21. The van der Waals surface area contributed by atoms with Crippen LogP contribution in [0.1, 0.15) is 33.6 Å². The summed E-state index contributed by atoms with van der Waals surface area (Å²) in [4.78, 5) is 11.6. The van der Waals surface area contributed by atoms with Gasteiger partial charge in [0.1, 0.15) is 11.4 Å². The number of alkyl carbamates (subject to hydrolysis) is 1. The number of hydrogen-bond donors (Lipinski definition) is 3. The third kappa shape index (κ3) is 4.33. The van der Waals surface area contributed by atoms with E-state index in [0.717, 1.165) is 18.5 Å². The van der Waals surface area contributed by atoms with Gasteiger partial charge < -0.3 is 20.5 Å². The van der Waals surface area contributed by atoms with Crippen LogP contribution < -0.4 is 10.6 Å². The topological polar surface area (TPSA) is 70.6 Å². The molecule has 0 atom stereocenters. The number of carbonyl (C=O) groups is 1. The van der Waals surface area contributed by atoms with Gasteiger partial charge in [0.05, 0.1) is 0 Å². The lowest BCUT2D eigenvalue weighted by Crippen LogP contribution is -2.50. The van der Waals surface area contributed by atoms with Crippen LogP contribution in [0.3, 0.4) is 0 Å². The number of ether oxygens (including phenoxy) is 1. The van der Waals surface area contributed by atoms with E-state index in [1.165, 1.54) is 0 Å². The molecule has 20 heavy (non-hydrogen) atoms. The summed E-state index contributed by atoms with van der Waals surface area (Å²) in [7, 11) is 0. The predicted molar refractivity (Wildman–Crippen MR) is 77.9 cm³/mol. The largest absolute Gasteiger partial charge is 0.508 e. The Labute approximate surface area is 119 Å². The highest BCUT2D eigenvalue weighted by Crippen LogP contribution is 2.26. The van der Waals surface area contributed by atoms with Gasteiger partial charge >= 0.3 is 6.09 Å². The highest BCUT2D eigenvalue weighted by molar-refractivity contribution is 5.68. The first-order valence-electron chi connectivity index (χ1n) is 6.87. The maximum atomic E-state index is 11.6. The van der Waals surface area contributed by atoms with Crippen LogP contribution >= 0.6 is 0 Å². The van der Waals surface area contributed by atoms with Gasteiger partial charge in [0, 0.05) is 23.8 Å². The lowest BCUT2D eigenvalue weighted by molar-refractivity contribution is 0.0475. The molecule has 1 aliphatic carbocycles. The fourth-order valence-corrected chi connectivity index (χ4v) is 2.16. The number of phenols is 1. The lowest BCUT2D eigenvalue weighted by Gasteiger charge is -2.37. The van der Waals surface area contributed by atoms with E-state index in [1.54, 1.807) is 18.2 Å². The summed E-state index contributed by atoms with van der Waals surface area (Å²) in [5.41, 5.74) is 0.429. The second kappa shape index (κ2) is 5.61. The van der Waals surface area contributed by atoms with Crippen molar-refractivity contribution in [3.8, 4) is 5.75 Å². The zero-order valence-corrected chi connectivity index (χ0v) is 12.1. The van der Waals surface area contributed by atoms with Crippen molar-refractivity contribution in [2.24, 2.45) is 0 Å². The summed E-state index contributed by atoms with van der Waals surface area (Å²) in [5, 5.41) is 15.6. The normalized spacial score (nSPS) is 21.8. The lowest BCUT2D eigenvalue weighted by atomic mass is 9.86. The van der Waals surface area contributed by atoms with Gasteiger partial charge in [-0.1, -0.05) is 6.07 Å². The number of phenolic OH excluding ortho intramolecular Hbond substituents is 1. The molecule has 5 heteroatoms. The molecule has 1 aromatic rings. The highest BCUT2D eigenvalue weighted by atomic mass is 16.6. The summed E-state index contributed by atoms with van der Waals surface area (Å²) in [6.45, 7) is 5.54. The SMILES string of the molecule is CC(C)(C)OC(=O)NC1CC(Nc2cccc(O)c2)C1. The van der Waals surface area contributed by atoms with Crippen LogP contribution in [-0.4, -0.2) is 28.9 Å². The van der Waals surface area contributed by atoms with Gasteiger partial charge in [0.2, 0.25) is 0 Å². The Bertz CT molecular complexity index is 476. The van der Waals surface area contributed by atoms with Gasteiger partial charge in [-0.3, -0.25) is 0 Å². The Morgan fingerprint density at radius 3 is 2.60 bits per heavy atom. The molecule has 0 aliphatic heterocycles. The van der Waals surface area contributed by atoms with Gasteiger partial charge in [0.25, 0.3) is 0 Å². The number of carbonyl (C=O) groups excluding carboxylic acids is 1. The predicted octanol–water partition coefficient (Wildman–Crippen LogP) is 2.86. The van der Waals surface area contributed by atoms with Gasteiger partial charge in [-0.2, -0.15) is 0 Å². The minimum Gasteiger partial charge on any atom is -0.508 e. The Balaban J connectivity index is 1.71. The van der Waals surface area contributed by atoms with Crippen molar-refractivity contribution < 1.29 is 14.6 Å². The first kappa shape index (κ1) is 14.5. The molecule has 0 radical (unpaired) electrons. The number of aromatic hydroxyl groups is 1. The maximum absolute atomic E-state index is 11.6. The Morgan fingerprint density at radius 1 is 1.30 bits per heavy atom. The smallest absolute Gasteiger partial charge is 0.407 e. The summed E-state index contributed by atoms with van der Waals surface area (Å²) < 4.78 is 5.21. The molecule has 1 fully saturated rings. The third-order valence-electron chi connectivity index (χ3n) is 3.08. The van der Waals surface area contributed by atoms with E-state index in [-0.39, 0.29) is 17.9 Å². The summed E-state index contributed by atoms with van der Waals surface area (Å²) in [6, 6.07) is 7.51. The van der Waals surface area contributed by atoms with E-state index in [1.807, 2.05) is 26.8 Å². The average molecular weight is 278 g/mol. The van der Waals surface area contributed by atoms with Crippen LogP contribution in [0.2, 0.25) is 0 Å². The fourth-order valence-electron chi connectivity index (χ4n) is 2.16. The molecule has 1 aromatic carbocycles. The van der Waals surface area contributed by atoms with Gasteiger partial charge in [-0.25, -0.2) is 4.79 Å². The summed E-state index contributed by atoms with van der Waals surface area (Å²) in [6.07, 6.45) is 1.35. The third-order valence-corrected chi connectivity index (χ3v) is 3.08. The zero-order valence-electron chi connectivity index (χ0n) is 12.1. The number of rotatable bonds is 3. The molecular weight excluding hydrogens is 256 g/mol. The molecule has 1 aliphatic rings. The molecule has 110 valence electrons. The zero-order chi connectivity index (χ0) is 14.8. The van der Waals surface area contributed by atoms with E-state index < -0.39 is 5.60 Å². The van der Waals surface area contributed by atoms with Crippen LogP contribution in [0.5, 0.6) is 5.75 Å². The van der Waals surface area contributed by atoms with E-state index in [9.17, 15) is 9.90 Å². The van der Waals surface area contributed by atoms with Gasteiger partial charge in [-0.15, -0.1) is 0 Å². The van der Waals surface area contributed by atoms with Crippen LogP contribution in [0.4, 0.5) is 10.5 Å². The van der Waals surface area contributed by atoms with Crippen LogP contribution in [-0.2, 0) is 4.74 Å². The van der Waals surface area contributed by atoms with Crippen molar-refractivity contribution in [1.82, 2.24) is 5.32 Å². The highest BCUT2D eigenvalue weighted by Gasteiger charge is 2.31. The molecule has 2 rings (SSSR count). The van der Waals surface area contributed by atoms with Crippen molar-refractivity contribution in [1.29, 1.82) is 0 Å². The molecule has 0 bridgehead atoms. The van der Waals surface area contributed by atoms with E-state index in [0.29, 0.717) is 6.04 Å². The number of benzene rings is 1. The first-order chi connectivity index (χ1) is 9.32. The molecule has 1 amide bonds.